The largest absolute Gasteiger partial charge is 0.483 e. The fourth-order valence-electron chi connectivity index (χ4n) is 1.93. The second-order valence-corrected chi connectivity index (χ2v) is 5.05. The Balaban J connectivity index is 2.74. The highest BCUT2D eigenvalue weighted by atomic mass is 35.5. The van der Waals surface area contributed by atoms with E-state index in [2.05, 4.69) is 0 Å². The van der Waals surface area contributed by atoms with E-state index in [1.807, 2.05) is 13.8 Å². The zero-order chi connectivity index (χ0) is 15.8. The zero-order valence-corrected chi connectivity index (χ0v) is 13.0. The van der Waals surface area contributed by atoms with E-state index in [4.69, 9.17) is 21.4 Å². The molecule has 21 heavy (non-hydrogen) atoms. The molecule has 1 rings (SSSR count). The number of hydrogen-bond donors (Lipinski definition) is 1. The van der Waals surface area contributed by atoms with Gasteiger partial charge in [0.2, 0.25) is 0 Å². The van der Waals surface area contributed by atoms with Crippen LogP contribution >= 0.6 is 11.6 Å². The van der Waals surface area contributed by atoms with Crippen molar-refractivity contribution in [2.24, 2.45) is 0 Å². The molecule has 0 heterocycles. The summed E-state index contributed by atoms with van der Waals surface area (Å²) in [6.07, 6.45) is 1.74. The minimum atomic E-state index is -1.14. The maximum atomic E-state index is 12.1. The number of halogens is 1. The van der Waals surface area contributed by atoms with Crippen LogP contribution < -0.4 is 4.74 Å². The molecule has 0 aliphatic heterocycles. The number of rotatable bonds is 8. The van der Waals surface area contributed by atoms with Gasteiger partial charge in [0.15, 0.2) is 6.61 Å². The molecule has 1 aromatic carbocycles. The average molecular weight is 314 g/mol. The summed E-state index contributed by atoms with van der Waals surface area (Å²) >= 11 is 5.76. The smallest absolute Gasteiger partial charge is 0.339 e. The Labute approximate surface area is 129 Å². The molecule has 0 fully saturated rings. The summed E-state index contributed by atoms with van der Waals surface area (Å²) < 4.78 is 5.36. The lowest BCUT2D eigenvalue weighted by molar-refractivity contribution is -0.133. The summed E-state index contributed by atoms with van der Waals surface area (Å²) in [5, 5.41) is 9.41. The first-order valence-electron chi connectivity index (χ1n) is 6.93. The Hall–Kier alpha value is -1.75. The number of hydrogen-bond acceptors (Lipinski definition) is 3. The number of carbonyl (C=O) groups is 2. The van der Waals surface area contributed by atoms with Crippen molar-refractivity contribution in [1.29, 1.82) is 0 Å². The van der Waals surface area contributed by atoms with Crippen molar-refractivity contribution in [3.63, 3.8) is 0 Å². The Bertz CT molecular complexity index is 498. The van der Waals surface area contributed by atoms with Gasteiger partial charge in [-0.25, -0.2) is 4.79 Å². The predicted molar refractivity (Wildman–Crippen MR) is 81.1 cm³/mol. The Morgan fingerprint density at radius 2 is 1.86 bits per heavy atom. The second-order valence-electron chi connectivity index (χ2n) is 4.62. The van der Waals surface area contributed by atoms with Gasteiger partial charge in [0.05, 0.1) is 0 Å². The molecule has 0 bridgehead atoms. The molecular weight excluding hydrogens is 294 g/mol. The van der Waals surface area contributed by atoms with Crippen LogP contribution in [0.2, 0.25) is 5.02 Å². The third-order valence-corrected chi connectivity index (χ3v) is 3.10. The first kappa shape index (κ1) is 17.3. The normalized spacial score (nSPS) is 10.2. The molecule has 5 nitrogen and oxygen atoms in total. The molecule has 0 saturated heterocycles. The van der Waals surface area contributed by atoms with Gasteiger partial charge in [-0.2, -0.15) is 0 Å². The number of carboxylic acids is 1. The Morgan fingerprint density at radius 1 is 1.24 bits per heavy atom. The van der Waals surface area contributed by atoms with Crippen LogP contribution in [0, 0.1) is 0 Å². The van der Waals surface area contributed by atoms with Crippen molar-refractivity contribution in [2.45, 2.75) is 26.7 Å². The Kier molecular flexibility index (Phi) is 7.02. The molecule has 1 N–H and O–H groups in total. The third-order valence-electron chi connectivity index (χ3n) is 2.86. The van der Waals surface area contributed by atoms with Crippen LogP contribution in [-0.4, -0.2) is 41.6 Å². The lowest BCUT2D eigenvalue weighted by atomic mass is 10.2. The quantitative estimate of drug-likeness (QED) is 0.801. The van der Waals surface area contributed by atoms with E-state index >= 15 is 0 Å². The number of carbonyl (C=O) groups excluding carboxylic acids is 1. The third kappa shape index (κ3) is 5.27. The topological polar surface area (TPSA) is 66.8 Å². The van der Waals surface area contributed by atoms with E-state index in [-0.39, 0.29) is 23.8 Å². The highest BCUT2D eigenvalue weighted by Gasteiger charge is 2.16. The van der Waals surface area contributed by atoms with Gasteiger partial charge in [-0.15, -0.1) is 0 Å². The molecule has 6 heteroatoms. The van der Waals surface area contributed by atoms with Crippen molar-refractivity contribution >= 4 is 23.5 Å². The van der Waals surface area contributed by atoms with Crippen LogP contribution in [0.3, 0.4) is 0 Å². The second kappa shape index (κ2) is 8.52. The molecule has 0 atom stereocenters. The monoisotopic (exact) mass is 313 g/mol. The standard InChI is InChI=1S/C15H20ClNO4/c1-3-7-17(8-4-2)14(18)10-21-13-6-5-11(16)9-12(13)15(19)20/h5-6,9H,3-4,7-8,10H2,1-2H3,(H,19,20). The number of ether oxygens (including phenoxy) is 1. The first-order chi connectivity index (χ1) is 9.99. The molecule has 116 valence electrons. The number of carboxylic acid groups (broad SMARTS) is 1. The average Bonchev–Trinajstić information content (AvgIpc) is 2.45. The molecule has 1 aromatic rings. The van der Waals surface area contributed by atoms with E-state index in [1.165, 1.54) is 18.2 Å². The van der Waals surface area contributed by atoms with Crippen LogP contribution in [0.1, 0.15) is 37.0 Å². The van der Waals surface area contributed by atoms with E-state index in [1.54, 1.807) is 4.90 Å². The fraction of sp³-hybridized carbons (Fsp3) is 0.467. The molecule has 0 radical (unpaired) electrons. The van der Waals surface area contributed by atoms with E-state index in [9.17, 15) is 9.59 Å². The van der Waals surface area contributed by atoms with Crippen LogP contribution in [-0.2, 0) is 4.79 Å². The van der Waals surface area contributed by atoms with Gasteiger partial charge in [-0.1, -0.05) is 25.4 Å². The van der Waals surface area contributed by atoms with Gasteiger partial charge >= 0.3 is 5.97 Å². The minimum Gasteiger partial charge on any atom is -0.483 e. The molecule has 0 saturated carbocycles. The van der Waals surface area contributed by atoms with Gasteiger partial charge in [0, 0.05) is 18.1 Å². The summed E-state index contributed by atoms with van der Waals surface area (Å²) in [6, 6.07) is 4.30. The highest BCUT2D eigenvalue weighted by Crippen LogP contribution is 2.23. The van der Waals surface area contributed by atoms with Crippen LogP contribution in [0.25, 0.3) is 0 Å². The van der Waals surface area contributed by atoms with Gasteiger partial charge in [0.25, 0.3) is 5.91 Å². The molecular formula is C15H20ClNO4. The minimum absolute atomic E-state index is 0.0483. The fourth-order valence-corrected chi connectivity index (χ4v) is 2.10. The summed E-state index contributed by atoms with van der Waals surface area (Å²) in [5.41, 5.74) is -0.0483. The predicted octanol–water partition coefficient (Wildman–Crippen LogP) is 3.07. The molecule has 0 aliphatic rings. The highest BCUT2D eigenvalue weighted by molar-refractivity contribution is 6.31. The van der Waals surface area contributed by atoms with Crippen molar-refractivity contribution in [1.82, 2.24) is 4.90 Å². The van der Waals surface area contributed by atoms with E-state index in [0.29, 0.717) is 18.1 Å². The molecule has 0 spiro atoms. The van der Waals surface area contributed by atoms with Gasteiger partial charge in [-0.05, 0) is 31.0 Å². The molecule has 1 amide bonds. The van der Waals surface area contributed by atoms with Gasteiger partial charge in [-0.3, -0.25) is 4.79 Å². The molecule has 0 unspecified atom stereocenters. The van der Waals surface area contributed by atoms with Crippen molar-refractivity contribution in [3.8, 4) is 5.75 Å². The van der Waals surface area contributed by atoms with E-state index in [0.717, 1.165) is 12.8 Å². The summed E-state index contributed by atoms with van der Waals surface area (Å²) in [6.45, 7) is 5.16. The maximum Gasteiger partial charge on any atom is 0.339 e. The zero-order valence-electron chi connectivity index (χ0n) is 12.3. The van der Waals surface area contributed by atoms with E-state index < -0.39 is 5.97 Å². The first-order valence-corrected chi connectivity index (χ1v) is 7.30. The maximum absolute atomic E-state index is 12.1. The van der Waals surface area contributed by atoms with Crippen LogP contribution in [0.5, 0.6) is 5.75 Å². The summed E-state index contributed by atoms with van der Waals surface area (Å²) in [4.78, 5) is 24.9. The summed E-state index contributed by atoms with van der Waals surface area (Å²) in [5.74, 6) is -1.14. The number of aromatic carboxylic acids is 1. The van der Waals surface area contributed by atoms with Gasteiger partial charge < -0.3 is 14.7 Å². The SMILES string of the molecule is CCCN(CCC)C(=O)COc1ccc(Cl)cc1C(=O)O. The lowest BCUT2D eigenvalue weighted by Gasteiger charge is -2.21. The number of amides is 1. The number of benzene rings is 1. The van der Waals surface area contributed by atoms with Crippen LogP contribution in [0.15, 0.2) is 18.2 Å². The van der Waals surface area contributed by atoms with Crippen molar-refractivity contribution in [3.05, 3.63) is 28.8 Å². The van der Waals surface area contributed by atoms with Crippen molar-refractivity contribution < 1.29 is 19.4 Å². The van der Waals surface area contributed by atoms with Crippen LogP contribution in [0.4, 0.5) is 0 Å². The summed E-state index contributed by atoms with van der Waals surface area (Å²) in [7, 11) is 0. The Morgan fingerprint density at radius 3 is 2.38 bits per heavy atom. The van der Waals surface area contributed by atoms with Gasteiger partial charge in [0.1, 0.15) is 11.3 Å². The molecule has 0 aromatic heterocycles. The number of nitrogens with zero attached hydrogens (tertiary/aromatic N) is 1. The molecule has 0 aliphatic carbocycles. The lowest BCUT2D eigenvalue weighted by Crippen LogP contribution is -2.36. The van der Waals surface area contributed by atoms with Crippen molar-refractivity contribution in [2.75, 3.05) is 19.7 Å².